The van der Waals surface area contributed by atoms with Gasteiger partial charge in [0.1, 0.15) is 18.1 Å². The fourth-order valence-corrected chi connectivity index (χ4v) is 5.07. The van der Waals surface area contributed by atoms with Crippen LogP contribution in [-0.4, -0.2) is 70.6 Å². The molecule has 0 saturated heterocycles. The highest BCUT2D eigenvalue weighted by molar-refractivity contribution is 5.80. The minimum absolute atomic E-state index is 0.0115. The number of aromatic nitrogens is 3. The first-order valence-corrected chi connectivity index (χ1v) is 13.0. The standard InChI is InChI=1S/C27H35F3N4O3/c1-19-31-15-23(16-32-19)36-17-22(35)14-20-4-8-27(30,9-5-20)10-13-34-11-6-21-2-3-26(37-18-25(28)29)33-24(21)7-12-34/h2-3,15-16,20,25H,4-14,17-18H2,1H3. The normalized spacial score (nSPS) is 22.4. The van der Waals surface area contributed by atoms with Gasteiger partial charge in [-0.15, -0.1) is 0 Å². The van der Waals surface area contributed by atoms with Crippen molar-refractivity contribution in [1.82, 2.24) is 19.9 Å². The van der Waals surface area contributed by atoms with E-state index in [2.05, 4.69) is 19.9 Å². The molecule has 0 spiro atoms. The van der Waals surface area contributed by atoms with E-state index in [-0.39, 0.29) is 24.2 Å². The van der Waals surface area contributed by atoms with Gasteiger partial charge in [-0.25, -0.2) is 28.1 Å². The molecule has 202 valence electrons. The molecule has 0 aromatic carbocycles. The van der Waals surface area contributed by atoms with E-state index >= 15 is 4.39 Å². The minimum Gasteiger partial charge on any atom is -0.483 e. The zero-order valence-corrected chi connectivity index (χ0v) is 21.3. The molecule has 1 aliphatic carbocycles. The highest BCUT2D eigenvalue weighted by Gasteiger charge is 2.36. The molecule has 2 aliphatic rings. The lowest BCUT2D eigenvalue weighted by Gasteiger charge is -2.35. The molecule has 4 rings (SSSR count). The molecule has 0 atom stereocenters. The van der Waals surface area contributed by atoms with Crippen molar-refractivity contribution < 1.29 is 27.4 Å². The molecule has 0 bridgehead atoms. The van der Waals surface area contributed by atoms with Crippen LogP contribution >= 0.6 is 0 Å². The Labute approximate surface area is 215 Å². The third kappa shape index (κ3) is 8.38. The highest BCUT2D eigenvalue weighted by atomic mass is 19.3. The van der Waals surface area contributed by atoms with E-state index in [0.29, 0.717) is 63.1 Å². The van der Waals surface area contributed by atoms with Gasteiger partial charge in [0.25, 0.3) is 6.43 Å². The van der Waals surface area contributed by atoms with Crippen LogP contribution in [0.5, 0.6) is 11.6 Å². The number of hydrogen-bond acceptors (Lipinski definition) is 7. The molecule has 7 nitrogen and oxygen atoms in total. The summed E-state index contributed by atoms with van der Waals surface area (Å²) in [6, 6.07) is 3.53. The number of alkyl halides is 3. The highest BCUT2D eigenvalue weighted by Crippen LogP contribution is 2.39. The summed E-state index contributed by atoms with van der Waals surface area (Å²) in [7, 11) is 0. The average molecular weight is 521 g/mol. The molecular weight excluding hydrogens is 485 g/mol. The van der Waals surface area contributed by atoms with Crippen molar-refractivity contribution in [1.29, 1.82) is 0 Å². The first-order valence-electron chi connectivity index (χ1n) is 13.0. The van der Waals surface area contributed by atoms with Crippen molar-refractivity contribution in [2.75, 3.05) is 32.8 Å². The van der Waals surface area contributed by atoms with Gasteiger partial charge in [0.2, 0.25) is 5.88 Å². The van der Waals surface area contributed by atoms with E-state index in [1.165, 1.54) is 0 Å². The van der Waals surface area contributed by atoms with Crippen molar-refractivity contribution >= 4 is 5.78 Å². The Balaban J connectivity index is 1.16. The molecule has 0 unspecified atom stereocenters. The van der Waals surface area contributed by atoms with Crippen LogP contribution in [0.2, 0.25) is 0 Å². The molecule has 1 aliphatic heterocycles. The number of carbonyl (C=O) groups is 1. The lowest BCUT2D eigenvalue weighted by Crippen LogP contribution is -2.36. The van der Waals surface area contributed by atoms with Gasteiger partial charge in [-0.05, 0) is 56.9 Å². The Hall–Kier alpha value is -2.75. The number of carbonyl (C=O) groups excluding carboxylic acids is 1. The Morgan fingerprint density at radius 2 is 1.86 bits per heavy atom. The molecule has 1 saturated carbocycles. The SMILES string of the molecule is Cc1ncc(OCC(=O)CC2CCC(F)(CCN3CCc4ccc(OCC(F)F)nc4CC3)CC2)cn1. The van der Waals surface area contributed by atoms with E-state index in [4.69, 9.17) is 9.47 Å². The number of nitrogens with zero attached hydrogens (tertiary/aromatic N) is 4. The van der Waals surface area contributed by atoms with Crippen molar-refractivity contribution in [3.8, 4) is 11.6 Å². The van der Waals surface area contributed by atoms with Crippen LogP contribution in [0.1, 0.15) is 55.6 Å². The van der Waals surface area contributed by atoms with Crippen molar-refractivity contribution in [3.05, 3.63) is 41.6 Å². The molecular formula is C27H35F3N4O3. The van der Waals surface area contributed by atoms with Crippen molar-refractivity contribution in [2.24, 2.45) is 5.92 Å². The second-order valence-electron chi connectivity index (χ2n) is 10.1. The summed E-state index contributed by atoms with van der Waals surface area (Å²) < 4.78 is 50.9. The number of pyridine rings is 1. The zero-order chi connectivity index (χ0) is 26.3. The van der Waals surface area contributed by atoms with E-state index in [0.717, 1.165) is 30.8 Å². The number of hydrogen-bond donors (Lipinski definition) is 0. The number of aryl methyl sites for hydroxylation is 1. The number of fused-ring (bicyclic) bond motifs is 1. The first kappa shape index (κ1) is 27.3. The van der Waals surface area contributed by atoms with E-state index < -0.39 is 18.7 Å². The van der Waals surface area contributed by atoms with Crippen molar-refractivity contribution in [3.63, 3.8) is 0 Å². The van der Waals surface area contributed by atoms with Gasteiger partial charge < -0.3 is 14.4 Å². The Kier molecular flexibility index (Phi) is 9.34. The molecule has 0 N–H and O–H groups in total. The van der Waals surface area contributed by atoms with Gasteiger partial charge in [0, 0.05) is 44.2 Å². The summed E-state index contributed by atoms with van der Waals surface area (Å²) >= 11 is 0. The summed E-state index contributed by atoms with van der Waals surface area (Å²) in [5.41, 5.74) is 0.752. The Bertz CT molecular complexity index is 1030. The van der Waals surface area contributed by atoms with Crippen LogP contribution in [0, 0.1) is 12.8 Å². The van der Waals surface area contributed by atoms with Gasteiger partial charge in [-0.3, -0.25) is 4.79 Å². The molecule has 1 fully saturated rings. The molecule has 2 aromatic rings. The number of ether oxygens (including phenoxy) is 2. The van der Waals surface area contributed by atoms with Crippen LogP contribution in [0.15, 0.2) is 24.5 Å². The predicted molar refractivity (Wildman–Crippen MR) is 132 cm³/mol. The number of rotatable bonds is 11. The van der Waals surface area contributed by atoms with Crippen LogP contribution in [-0.2, 0) is 17.6 Å². The molecule has 2 aromatic heterocycles. The van der Waals surface area contributed by atoms with E-state index in [1.54, 1.807) is 25.4 Å². The Morgan fingerprint density at radius 1 is 1.14 bits per heavy atom. The summed E-state index contributed by atoms with van der Waals surface area (Å²) in [6.07, 6.45) is 5.26. The molecule has 0 amide bonds. The number of Topliss-reactive ketones (excluding diaryl/α,β-unsaturated/α-hetero) is 1. The fourth-order valence-electron chi connectivity index (χ4n) is 5.07. The number of halogens is 3. The maximum absolute atomic E-state index is 15.6. The largest absolute Gasteiger partial charge is 0.483 e. The van der Waals surface area contributed by atoms with E-state index in [1.807, 2.05) is 6.07 Å². The molecule has 3 heterocycles. The van der Waals surface area contributed by atoms with Gasteiger partial charge in [-0.2, -0.15) is 0 Å². The minimum atomic E-state index is -2.53. The summed E-state index contributed by atoms with van der Waals surface area (Å²) in [5, 5.41) is 0. The van der Waals surface area contributed by atoms with Gasteiger partial charge in [0.15, 0.2) is 18.1 Å². The third-order valence-electron chi connectivity index (χ3n) is 7.31. The van der Waals surface area contributed by atoms with Gasteiger partial charge in [0.05, 0.1) is 12.4 Å². The van der Waals surface area contributed by atoms with E-state index in [9.17, 15) is 13.6 Å². The van der Waals surface area contributed by atoms with Gasteiger partial charge >= 0.3 is 0 Å². The summed E-state index contributed by atoms with van der Waals surface area (Å²) in [4.78, 5) is 27.1. The maximum atomic E-state index is 15.6. The Morgan fingerprint density at radius 3 is 2.59 bits per heavy atom. The number of ketones is 1. The van der Waals surface area contributed by atoms with Crippen LogP contribution in [0.4, 0.5) is 13.2 Å². The first-order chi connectivity index (χ1) is 17.8. The zero-order valence-electron chi connectivity index (χ0n) is 21.3. The maximum Gasteiger partial charge on any atom is 0.272 e. The smallest absolute Gasteiger partial charge is 0.272 e. The predicted octanol–water partition coefficient (Wildman–Crippen LogP) is 4.55. The van der Waals surface area contributed by atoms with Gasteiger partial charge in [-0.1, -0.05) is 6.07 Å². The summed E-state index contributed by atoms with van der Waals surface area (Å²) in [6.45, 7) is 3.32. The lowest BCUT2D eigenvalue weighted by molar-refractivity contribution is -0.122. The lowest BCUT2D eigenvalue weighted by atomic mass is 9.76. The average Bonchev–Trinajstić information content (AvgIpc) is 3.09. The van der Waals surface area contributed by atoms with Crippen LogP contribution < -0.4 is 9.47 Å². The topological polar surface area (TPSA) is 77.4 Å². The van der Waals surface area contributed by atoms with Crippen LogP contribution in [0.3, 0.4) is 0 Å². The second-order valence-corrected chi connectivity index (χ2v) is 10.1. The molecule has 0 radical (unpaired) electrons. The van der Waals surface area contributed by atoms with Crippen molar-refractivity contribution in [2.45, 2.75) is 70.4 Å². The molecule has 10 heteroatoms. The molecule has 37 heavy (non-hydrogen) atoms. The fraction of sp³-hybridized carbons (Fsp3) is 0.630. The second kappa shape index (κ2) is 12.7. The quantitative estimate of drug-likeness (QED) is 0.430. The van der Waals surface area contributed by atoms with Crippen LogP contribution in [0.25, 0.3) is 0 Å². The monoisotopic (exact) mass is 520 g/mol. The summed E-state index contributed by atoms with van der Waals surface area (Å²) in [5.74, 6) is 1.54. The third-order valence-corrected chi connectivity index (χ3v) is 7.31.